The maximum absolute atomic E-state index is 12.9. The van der Waals surface area contributed by atoms with Crippen molar-refractivity contribution in [2.24, 2.45) is 7.05 Å². The van der Waals surface area contributed by atoms with Crippen molar-refractivity contribution >= 4 is 17.7 Å². The Bertz CT molecular complexity index is 882. The number of benzene rings is 1. The van der Waals surface area contributed by atoms with Gasteiger partial charge in [-0.3, -0.25) is 14.2 Å². The van der Waals surface area contributed by atoms with Crippen LogP contribution in [0.5, 0.6) is 0 Å². The van der Waals surface area contributed by atoms with Crippen molar-refractivity contribution < 1.29 is 9.53 Å². The predicted molar refractivity (Wildman–Crippen MR) is 109 cm³/mol. The molecule has 1 aromatic carbocycles. The van der Waals surface area contributed by atoms with Gasteiger partial charge in [-0.15, -0.1) is 0 Å². The minimum atomic E-state index is -0.525. The number of ether oxygens (including phenoxy) is 1. The van der Waals surface area contributed by atoms with Gasteiger partial charge in [-0.1, -0.05) is 48.5 Å². The van der Waals surface area contributed by atoms with Crippen LogP contribution in [0.1, 0.15) is 50.1 Å². The summed E-state index contributed by atoms with van der Waals surface area (Å²) in [6, 6.07) is 8.15. The first-order valence-electron chi connectivity index (χ1n) is 9.09. The molecule has 0 aliphatic carbocycles. The summed E-state index contributed by atoms with van der Waals surface area (Å²) < 4.78 is 6.85. The quantitative estimate of drug-likeness (QED) is 0.429. The summed E-state index contributed by atoms with van der Waals surface area (Å²) in [5.74, 6) is -0.193. The zero-order valence-electron chi connectivity index (χ0n) is 17.0. The van der Waals surface area contributed by atoms with Crippen LogP contribution in [0.4, 0.5) is 0 Å². The first kappa shape index (κ1) is 21.2. The molecule has 0 radical (unpaired) electrons. The zero-order chi connectivity index (χ0) is 20.2. The van der Waals surface area contributed by atoms with Crippen LogP contribution in [-0.2, 0) is 29.4 Å². The molecule has 1 heterocycles. The summed E-state index contributed by atoms with van der Waals surface area (Å²) in [7, 11) is 1.70. The number of hydrogen-bond donors (Lipinski definition) is 0. The Morgan fingerprint density at radius 2 is 2.00 bits per heavy atom. The van der Waals surface area contributed by atoms with E-state index in [1.807, 2.05) is 52.8 Å². The summed E-state index contributed by atoms with van der Waals surface area (Å²) in [4.78, 5) is 29.5. The highest BCUT2D eigenvalue weighted by atomic mass is 32.2. The molecule has 0 amide bonds. The lowest BCUT2D eigenvalue weighted by molar-refractivity contribution is -0.151. The highest BCUT2D eigenvalue weighted by molar-refractivity contribution is 7.99. The average Bonchev–Trinajstić information content (AvgIpc) is 2.57. The van der Waals surface area contributed by atoms with Crippen LogP contribution in [-0.4, -0.2) is 26.9 Å². The molecule has 0 aliphatic heterocycles. The van der Waals surface area contributed by atoms with Gasteiger partial charge in [-0.05, 0) is 39.7 Å². The van der Waals surface area contributed by atoms with Crippen LogP contribution in [0, 0.1) is 6.92 Å². The number of esters is 1. The highest BCUT2D eigenvalue weighted by Gasteiger charge is 2.19. The van der Waals surface area contributed by atoms with Gasteiger partial charge in [0, 0.05) is 19.0 Å². The summed E-state index contributed by atoms with van der Waals surface area (Å²) in [6.07, 6.45) is 1.22. The van der Waals surface area contributed by atoms with E-state index in [-0.39, 0.29) is 17.3 Å². The number of nitrogens with zero attached hydrogens (tertiary/aromatic N) is 2. The summed E-state index contributed by atoms with van der Waals surface area (Å²) in [5, 5.41) is 0.538. The number of aryl methyl sites for hydroxylation is 2. The van der Waals surface area contributed by atoms with Crippen LogP contribution < -0.4 is 5.56 Å². The number of aromatic nitrogens is 2. The fourth-order valence-electron chi connectivity index (χ4n) is 2.79. The molecule has 0 fully saturated rings. The van der Waals surface area contributed by atoms with Crippen molar-refractivity contribution in [2.75, 3.05) is 5.75 Å². The van der Waals surface area contributed by atoms with Crippen LogP contribution >= 0.6 is 11.8 Å². The third kappa shape index (κ3) is 5.96. The molecule has 0 saturated heterocycles. The smallest absolute Gasteiger partial charge is 0.316 e. The molecule has 0 bridgehead atoms. The maximum Gasteiger partial charge on any atom is 0.316 e. The Kier molecular flexibility index (Phi) is 6.87. The SMILES string of the molecule is CCc1nc(SCC(=O)OC(C)(C)C)n(C)c(=O)c1Cc1cccc(C)c1. The first-order chi connectivity index (χ1) is 12.6. The largest absolute Gasteiger partial charge is 0.459 e. The molecule has 6 heteroatoms. The fourth-order valence-corrected chi connectivity index (χ4v) is 3.55. The molecule has 146 valence electrons. The van der Waals surface area contributed by atoms with Gasteiger partial charge in [0.1, 0.15) is 5.60 Å². The second-order valence-corrected chi connectivity index (χ2v) is 8.52. The van der Waals surface area contributed by atoms with Crippen LogP contribution in [0.3, 0.4) is 0 Å². The van der Waals surface area contributed by atoms with E-state index in [9.17, 15) is 9.59 Å². The molecule has 0 spiro atoms. The minimum absolute atomic E-state index is 0.0601. The third-order valence-electron chi connectivity index (χ3n) is 3.97. The van der Waals surface area contributed by atoms with Gasteiger partial charge >= 0.3 is 5.97 Å². The molecular formula is C21H28N2O3S. The Hall–Kier alpha value is -2.08. The average molecular weight is 389 g/mol. The van der Waals surface area contributed by atoms with Gasteiger partial charge in [0.25, 0.3) is 5.56 Å². The number of carbonyl (C=O) groups excluding carboxylic acids is 1. The van der Waals surface area contributed by atoms with Gasteiger partial charge in [0.2, 0.25) is 0 Å². The first-order valence-corrected chi connectivity index (χ1v) is 10.1. The summed E-state index contributed by atoms with van der Waals surface area (Å²) in [5.41, 5.74) is 3.18. The van der Waals surface area contributed by atoms with Gasteiger partial charge in [-0.25, -0.2) is 4.98 Å². The van der Waals surface area contributed by atoms with Gasteiger partial charge in [-0.2, -0.15) is 0 Å². The molecule has 0 unspecified atom stereocenters. The molecule has 2 aromatic rings. The fraction of sp³-hybridized carbons (Fsp3) is 0.476. The van der Waals surface area contributed by atoms with E-state index >= 15 is 0 Å². The van der Waals surface area contributed by atoms with Crippen molar-refractivity contribution in [3.05, 3.63) is 57.0 Å². The molecule has 0 aliphatic rings. The van der Waals surface area contributed by atoms with Crippen molar-refractivity contribution in [3.63, 3.8) is 0 Å². The lowest BCUT2D eigenvalue weighted by atomic mass is 10.0. The monoisotopic (exact) mass is 388 g/mol. The number of hydrogen-bond acceptors (Lipinski definition) is 5. The number of thioether (sulfide) groups is 1. The zero-order valence-corrected chi connectivity index (χ0v) is 17.8. The van der Waals surface area contributed by atoms with E-state index in [1.54, 1.807) is 7.05 Å². The van der Waals surface area contributed by atoms with Crippen LogP contribution in [0.15, 0.2) is 34.2 Å². The second-order valence-electron chi connectivity index (χ2n) is 7.58. The Labute approximate surface area is 165 Å². The standard InChI is InChI=1S/C21H28N2O3S/c1-7-17-16(12-15-10-8-9-14(2)11-15)19(25)23(6)20(22-17)27-13-18(24)26-21(3,4)5/h8-11H,7,12-13H2,1-6H3. The molecule has 2 rings (SSSR count). The third-order valence-corrected chi connectivity index (χ3v) is 4.97. The topological polar surface area (TPSA) is 61.2 Å². The van der Waals surface area contributed by atoms with Gasteiger partial charge < -0.3 is 4.74 Å². The molecule has 0 atom stereocenters. The highest BCUT2D eigenvalue weighted by Crippen LogP contribution is 2.19. The molecule has 0 saturated carbocycles. The molecule has 27 heavy (non-hydrogen) atoms. The van der Waals surface area contributed by atoms with Gasteiger partial charge in [0.05, 0.1) is 11.4 Å². The molecule has 0 N–H and O–H groups in total. The maximum atomic E-state index is 12.9. The van der Waals surface area contributed by atoms with Crippen LogP contribution in [0.2, 0.25) is 0 Å². The normalized spacial score (nSPS) is 11.5. The van der Waals surface area contributed by atoms with Crippen molar-refractivity contribution in [1.29, 1.82) is 0 Å². The van der Waals surface area contributed by atoms with Crippen LogP contribution in [0.25, 0.3) is 0 Å². The number of rotatable bonds is 6. The van der Waals surface area contributed by atoms with E-state index in [4.69, 9.17) is 4.74 Å². The lowest BCUT2D eigenvalue weighted by Gasteiger charge is -2.19. The van der Waals surface area contributed by atoms with Crippen molar-refractivity contribution in [3.8, 4) is 0 Å². The molecule has 5 nitrogen and oxygen atoms in total. The van der Waals surface area contributed by atoms with E-state index < -0.39 is 5.60 Å². The second kappa shape index (κ2) is 8.74. The van der Waals surface area contributed by atoms with E-state index in [0.717, 1.165) is 11.3 Å². The van der Waals surface area contributed by atoms with Crippen molar-refractivity contribution in [1.82, 2.24) is 9.55 Å². The Balaban J connectivity index is 2.26. The minimum Gasteiger partial charge on any atom is -0.459 e. The van der Waals surface area contributed by atoms with Gasteiger partial charge in [0.15, 0.2) is 5.16 Å². The Morgan fingerprint density at radius 1 is 1.30 bits per heavy atom. The van der Waals surface area contributed by atoms with E-state index in [0.29, 0.717) is 23.6 Å². The van der Waals surface area contributed by atoms with E-state index in [1.165, 1.54) is 21.9 Å². The number of carbonyl (C=O) groups is 1. The predicted octanol–water partition coefficient (Wildman–Crippen LogP) is 3.68. The molecular weight excluding hydrogens is 360 g/mol. The molecule has 1 aromatic heterocycles. The lowest BCUT2D eigenvalue weighted by Crippen LogP contribution is -2.28. The van der Waals surface area contributed by atoms with E-state index in [2.05, 4.69) is 11.1 Å². The summed E-state index contributed by atoms with van der Waals surface area (Å²) in [6.45, 7) is 9.53. The summed E-state index contributed by atoms with van der Waals surface area (Å²) >= 11 is 1.23. The Morgan fingerprint density at radius 3 is 2.59 bits per heavy atom. The van der Waals surface area contributed by atoms with Crippen molar-refractivity contribution in [2.45, 2.75) is 58.2 Å².